The van der Waals surface area contributed by atoms with E-state index in [4.69, 9.17) is 0 Å². The van der Waals surface area contributed by atoms with Gasteiger partial charge in [0.15, 0.2) is 0 Å². The second-order valence-electron chi connectivity index (χ2n) is 6.13. The molecule has 5 unspecified atom stereocenters. The Hall–Kier alpha value is -0.670. The highest BCUT2D eigenvalue weighted by atomic mass is 32.2. The fourth-order valence-electron chi connectivity index (χ4n) is 3.18. The van der Waals surface area contributed by atoms with Crippen molar-refractivity contribution in [1.82, 2.24) is 5.32 Å². The zero-order chi connectivity index (χ0) is 14.7. The molecule has 0 amide bonds. The SMILES string of the molecule is CCC(C)CS(=O)C1CC(C)c2ccccc2C1NC. The van der Waals surface area contributed by atoms with Crippen LogP contribution in [0.1, 0.15) is 56.7 Å². The van der Waals surface area contributed by atoms with E-state index in [9.17, 15) is 4.21 Å². The second-order valence-corrected chi connectivity index (χ2v) is 7.83. The van der Waals surface area contributed by atoms with Gasteiger partial charge >= 0.3 is 0 Å². The molecule has 0 saturated carbocycles. The molecule has 0 bridgehead atoms. The van der Waals surface area contributed by atoms with Gasteiger partial charge in [-0.3, -0.25) is 4.21 Å². The summed E-state index contributed by atoms with van der Waals surface area (Å²) >= 11 is 0. The maximum atomic E-state index is 12.8. The number of hydrogen-bond donors (Lipinski definition) is 1. The van der Waals surface area contributed by atoms with E-state index in [0.717, 1.165) is 18.6 Å². The first-order chi connectivity index (χ1) is 9.58. The second kappa shape index (κ2) is 6.86. The quantitative estimate of drug-likeness (QED) is 0.898. The van der Waals surface area contributed by atoms with Crippen LogP contribution in [-0.4, -0.2) is 22.3 Å². The largest absolute Gasteiger partial charge is 0.312 e. The zero-order valence-electron chi connectivity index (χ0n) is 13.1. The summed E-state index contributed by atoms with van der Waals surface area (Å²) in [5.74, 6) is 1.87. The molecule has 112 valence electrons. The minimum atomic E-state index is -0.757. The van der Waals surface area contributed by atoms with Gasteiger partial charge in [-0.05, 0) is 36.4 Å². The van der Waals surface area contributed by atoms with E-state index in [2.05, 4.69) is 50.4 Å². The van der Waals surface area contributed by atoms with E-state index in [1.54, 1.807) is 0 Å². The summed E-state index contributed by atoms with van der Waals surface area (Å²) in [5.41, 5.74) is 2.76. The van der Waals surface area contributed by atoms with E-state index < -0.39 is 10.8 Å². The number of fused-ring (bicyclic) bond motifs is 1. The maximum absolute atomic E-state index is 12.8. The molecule has 1 aliphatic carbocycles. The predicted molar refractivity (Wildman–Crippen MR) is 87.5 cm³/mol. The fraction of sp³-hybridized carbons (Fsp3) is 0.647. The molecule has 0 spiro atoms. The van der Waals surface area contributed by atoms with E-state index >= 15 is 0 Å². The van der Waals surface area contributed by atoms with E-state index in [1.807, 2.05) is 7.05 Å². The van der Waals surface area contributed by atoms with E-state index in [-0.39, 0.29) is 11.3 Å². The van der Waals surface area contributed by atoms with Gasteiger partial charge in [0.2, 0.25) is 0 Å². The highest BCUT2D eigenvalue weighted by Gasteiger charge is 2.35. The standard InChI is InChI=1S/C17H27NOS/c1-5-12(2)11-20(19)16-10-13(3)14-8-6-7-9-15(14)17(16)18-4/h6-9,12-13,16-18H,5,10-11H2,1-4H3. The van der Waals surface area contributed by atoms with Crippen LogP contribution in [0.2, 0.25) is 0 Å². The van der Waals surface area contributed by atoms with Crippen molar-refractivity contribution >= 4 is 10.8 Å². The molecule has 2 rings (SSSR count). The Bertz CT molecular complexity index is 474. The molecule has 3 heteroatoms. The van der Waals surface area contributed by atoms with Crippen molar-refractivity contribution in [2.45, 2.75) is 50.8 Å². The van der Waals surface area contributed by atoms with Gasteiger partial charge in [-0.25, -0.2) is 0 Å². The normalized spacial score (nSPS) is 28.7. The van der Waals surface area contributed by atoms with Gasteiger partial charge in [-0.2, -0.15) is 0 Å². The molecule has 1 aliphatic rings. The van der Waals surface area contributed by atoms with Crippen LogP contribution in [0.4, 0.5) is 0 Å². The third-order valence-electron chi connectivity index (χ3n) is 4.61. The third kappa shape index (κ3) is 3.15. The summed E-state index contributed by atoms with van der Waals surface area (Å²) < 4.78 is 12.8. The number of rotatable bonds is 5. The van der Waals surface area contributed by atoms with Gasteiger partial charge < -0.3 is 5.32 Å². The summed E-state index contributed by atoms with van der Waals surface area (Å²) in [4.78, 5) is 0. The lowest BCUT2D eigenvalue weighted by molar-refractivity contribution is 0.460. The number of nitrogens with one attached hydrogen (secondary N) is 1. The summed E-state index contributed by atoms with van der Waals surface area (Å²) in [5, 5.41) is 3.64. The van der Waals surface area contributed by atoms with Crippen LogP contribution in [0.15, 0.2) is 24.3 Å². The summed E-state index contributed by atoms with van der Waals surface area (Å²) in [6.45, 7) is 6.64. The monoisotopic (exact) mass is 293 g/mol. The van der Waals surface area contributed by atoms with E-state index in [0.29, 0.717) is 11.8 Å². The first kappa shape index (κ1) is 15.7. The average Bonchev–Trinajstić information content (AvgIpc) is 2.47. The molecule has 2 nitrogen and oxygen atoms in total. The Morgan fingerprint density at radius 1 is 1.35 bits per heavy atom. The van der Waals surface area contributed by atoms with Crippen LogP contribution >= 0.6 is 0 Å². The summed E-state index contributed by atoms with van der Waals surface area (Å²) in [6, 6.07) is 8.85. The molecule has 1 aromatic rings. The zero-order valence-corrected chi connectivity index (χ0v) is 13.9. The molecule has 0 aliphatic heterocycles. The summed E-state index contributed by atoms with van der Waals surface area (Å²) in [7, 11) is 1.23. The predicted octanol–water partition coefficient (Wildman–Crippen LogP) is 3.62. The lowest BCUT2D eigenvalue weighted by Gasteiger charge is -2.36. The highest BCUT2D eigenvalue weighted by molar-refractivity contribution is 7.85. The smallest absolute Gasteiger partial charge is 0.0548 e. The molecule has 1 aromatic carbocycles. The first-order valence-electron chi connectivity index (χ1n) is 7.71. The average molecular weight is 293 g/mol. The molecule has 0 heterocycles. The molecular formula is C17H27NOS. The minimum Gasteiger partial charge on any atom is -0.312 e. The van der Waals surface area contributed by atoms with Gasteiger partial charge in [0.05, 0.1) is 5.25 Å². The van der Waals surface area contributed by atoms with Gasteiger partial charge in [0, 0.05) is 22.6 Å². The van der Waals surface area contributed by atoms with Crippen LogP contribution in [-0.2, 0) is 10.8 Å². The molecular weight excluding hydrogens is 266 g/mol. The van der Waals surface area contributed by atoms with Crippen molar-refractivity contribution in [1.29, 1.82) is 0 Å². The summed E-state index contributed by atoms with van der Waals surface area (Å²) in [6.07, 6.45) is 2.13. The van der Waals surface area contributed by atoms with Gasteiger partial charge in [0.1, 0.15) is 0 Å². The number of benzene rings is 1. The Balaban J connectivity index is 2.25. The molecule has 5 atom stereocenters. The third-order valence-corrected chi connectivity index (χ3v) is 6.65. The highest BCUT2D eigenvalue weighted by Crippen LogP contribution is 2.39. The van der Waals surface area contributed by atoms with Crippen molar-refractivity contribution < 1.29 is 4.21 Å². The van der Waals surface area contributed by atoms with Crippen LogP contribution in [0.3, 0.4) is 0 Å². The molecule has 0 fully saturated rings. The molecule has 0 saturated heterocycles. The maximum Gasteiger partial charge on any atom is 0.0548 e. The van der Waals surface area contributed by atoms with Crippen LogP contribution in [0.5, 0.6) is 0 Å². The van der Waals surface area contributed by atoms with Crippen molar-refractivity contribution in [3.63, 3.8) is 0 Å². The molecule has 0 radical (unpaired) electrons. The van der Waals surface area contributed by atoms with Crippen LogP contribution in [0, 0.1) is 5.92 Å². The fourth-order valence-corrected chi connectivity index (χ4v) is 5.31. The van der Waals surface area contributed by atoms with Gasteiger partial charge in [0.25, 0.3) is 0 Å². The van der Waals surface area contributed by atoms with Gasteiger partial charge in [-0.15, -0.1) is 0 Å². The van der Waals surface area contributed by atoms with Crippen LogP contribution < -0.4 is 5.32 Å². The topological polar surface area (TPSA) is 29.1 Å². The van der Waals surface area contributed by atoms with Crippen LogP contribution in [0.25, 0.3) is 0 Å². The Kier molecular flexibility index (Phi) is 5.39. The van der Waals surface area contributed by atoms with Crippen molar-refractivity contribution in [3.05, 3.63) is 35.4 Å². The Labute approximate surface area is 125 Å². The Morgan fingerprint density at radius 3 is 2.60 bits per heavy atom. The minimum absolute atomic E-state index is 0.229. The molecule has 0 aromatic heterocycles. The van der Waals surface area contributed by atoms with Crippen molar-refractivity contribution in [3.8, 4) is 0 Å². The lowest BCUT2D eigenvalue weighted by atomic mass is 9.81. The molecule has 1 N–H and O–H groups in total. The van der Waals surface area contributed by atoms with Gasteiger partial charge in [-0.1, -0.05) is 51.5 Å². The Morgan fingerprint density at radius 2 is 2.00 bits per heavy atom. The number of hydrogen-bond acceptors (Lipinski definition) is 2. The van der Waals surface area contributed by atoms with Crippen molar-refractivity contribution in [2.75, 3.05) is 12.8 Å². The van der Waals surface area contributed by atoms with Crippen molar-refractivity contribution in [2.24, 2.45) is 5.92 Å². The first-order valence-corrected chi connectivity index (χ1v) is 9.09. The lowest BCUT2D eigenvalue weighted by Crippen LogP contribution is -2.39. The molecule has 20 heavy (non-hydrogen) atoms. The van der Waals surface area contributed by atoms with E-state index in [1.165, 1.54) is 11.1 Å².